The number of anilines is 2. The van der Waals surface area contributed by atoms with E-state index in [-0.39, 0.29) is 28.3 Å². The number of nitro groups is 1. The van der Waals surface area contributed by atoms with E-state index in [4.69, 9.17) is 17.3 Å². The second kappa shape index (κ2) is 6.23. The van der Waals surface area contributed by atoms with Crippen molar-refractivity contribution < 1.29 is 4.92 Å². The van der Waals surface area contributed by atoms with E-state index in [1.54, 1.807) is 0 Å². The Morgan fingerprint density at radius 1 is 1.60 bits per heavy atom. The van der Waals surface area contributed by atoms with Gasteiger partial charge in [-0.2, -0.15) is 0 Å². The van der Waals surface area contributed by atoms with E-state index in [9.17, 15) is 10.1 Å². The van der Waals surface area contributed by atoms with Crippen LogP contribution in [-0.2, 0) is 0 Å². The standard InChI is InChI=1S/C12H18ClN5O2/c1-2-17-5-3-8(4-6-17)16-10-9(13)7-15-12(14)11(10)18(19)20/h7-8H,2-6H2,1H3,(H3,14,15,16). The first-order chi connectivity index (χ1) is 9.52. The molecule has 2 rings (SSSR count). The van der Waals surface area contributed by atoms with Crippen molar-refractivity contribution in [1.82, 2.24) is 9.88 Å². The molecule has 3 N–H and O–H groups in total. The van der Waals surface area contributed by atoms with Crippen LogP contribution in [0.15, 0.2) is 6.20 Å². The highest BCUT2D eigenvalue weighted by atomic mass is 35.5. The number of halogens is 1. The maximum Gasteiger partial charge on any atom is 0.335 e. The zero-order chi connectivity index (χ0) is 14.7. The van der Waals surface area contributed by atoms with Crippen LogP contribution >= 0.6 is 11.6 Å². The molecule has 0 bridgehead atoms. The molecule has 0 atom stereocenters. The van der Waals surface area contributed by atoms with Crippen LogP contribution in [0.5, 0.6) is 0 Å². The van der Waals surface area contributed by atoms with E-state index >= 15 is 0 Å². The van der Waals surface area contributed by atoms with Crippen molar-refractivity contribution in [2.24, 2.45) is 0 Å². The fourth-order valence-corrected chi connectivity index (χ4v) is 2.61. The average Bonchev–Trinajstić information content (AvgIpc) is 2.43. The number of likely N-dealkylation sites (tertiary alicyclic amines) is 1. The summed E-state index contributed by atoms with van der Waals surface area (Å²) in [4.78, 5) is 16.6. The van der Waals surface area contributed by atoms with Crippen LogP contribution in [0.4, 0.5) is 17.2 Å². The number of nitrogens with zero attached hydrogens (tertiary/aromatic N) is 3. The highest BCUT2D eigenvalue weighted by molar-refractivity contribution is 6.33. The first kappa shape index (κ1) is 14.8. The van der Waals surface area contributed by atoms with Gasteiger partial charge in [-0.15, -0.1) is 0 Å². The highest BCUT2D eigenvalue weighted by Gasteiger charge is 2.26. The molecule has 0 radical (unpaired) electrons. The summed E-state index contributed by atoms with van der Waals surface area (Å²) < 4.78 is 0. The Balaban J connectivity index is 2.17. The number of hydrogen-bond donors (Lipinski definition) is 2. The molecule has 0 aliphatic carbocycles. The van der Waals surface area contributed by atoms with Gasteiger partial charge in [0.15, 0.2) is 0 Å². The Kier molecular flexibility index (Phi) is 4.61. The minimum absolute atomic E-state index is 0.118. The molecule has 0 saturated carbocycles. The summed E-state index contributed by atoms with van der Waals surface area (Å²) in [6.07, 6.45) is 3.18. The van der Waals surface area contributed by atoms with Crippen molar-refractivity contribution in [3.05, 3.63) is 21.3 Å². The number of nitrogen functional groups attached to an aromatic ring is 1. The van der Waals surface area contributed by atoms with Gasteiger partial charge in [-0.1, -0.05) is 18.5 Å². The summed E-state index contributed by atoms with van der Waals surface area (Å²) in [7, 11) is 0. The highest BCUT2D eigenvalue weighted by Crippen LogP contribution is 2.36. The molecule has 1 aromatic heterocycles. The summed E-state index contributed by atoms with van der Waals surface area (Å²) in [6.45, 7) is 5.09. The Bertz CT molecular complexity index is 503. The molecule has 1 aliphatic heterocycles. The smallest absolute Gasteiger partial charge is 0.335 e. The summed E-state index contributed by atoms with van der Waals surface area (Å²) in [5, 5.41) is 14.5. The Morgan fingerprint density at radius 3 is 2.80 bits per heavy atom. The van der Waals surface area contributed by atoms with Crippen molar-refractivity contribution in [1.29, 1.82) is 0 Å². The molecule has 1 aliphatic rings. The molecule has 0 unspecified atom stereocenters. The lowest BCUT2D eigenvalue weighted by atomic mass is 10.0. The first-order valence-electron chi connectivity index (χ1n) is 6.60. The average molecular weight is 300 g/mol. The molecule has 1 saturated heterocycles. The van der Waals surface area contributed by atoms with Gasteiger partial charge in [0.05, 0.1) is 16.1 Å². The van der Waals surface area contributed by atoms with Crippen LogP contribution in [0, 0.1) is 10.1 Å². The molecule has 1 fully saturated rings. The lowest BCUT2D eigenvalue weighted by Crippen LogP contribution is -2.39. The normalized spacial score (nSPS) is 17.1. The van der Waals surface area contributed by atoms with E-state index in [0.29, 0.717) is 0 Å². The Morgan fingerprint density at radius 2 is 2.25 bits per heavy atom. The number of rotatable bonds is 4. The summed E-state index contributed by atoms with van der Waals surface area (Å²) in [5.41, 5.74) is 5.62. The minimum Gasteiger partial charge on any atom is -0.378 e. The molecule has 0 spiro atoms. The molecular formula is C12H18ClN5O2. The largest absolute Gasteiger partial charge is 0.378 e. The summed E-state index contributed by atoms with van der Waals surface area (Å²) in [6, 6.07) is 0.163. The molecule has 2 heterocycles. The molecule has 110 valence electrons. The lowest BCUT2D eigenvalue weighted by Gasteiger charge is -2.32. The van der Waals surface area contributed by atoms with Crippen molar-refractivity contribution in [2.75, 3.05) is 30.7 Å². The van der Waals surface area contributed by atoms with Gasteiger partial charge in [-0.25, -0.2) is 4.98 Å². The predicted octanol–water partition coefficient (Wildman–Crippen LogP) is 2.12. The molecule has 1 aromatic rings. The maximum atomic E-state index is 11.1. The molecular weight excluding hydrogens is 282 g/mol. The molecule has 20 heavy (non-hydrogen) atoms. The fourth-order valence-electron chi connectivity index (χ4n) is 2.41. The van der Waals surface area contributed by atoms with Gasteiger partial charge >= 0.3 is 5.69 Å². The van der Waals surface area contributed by atoms with Gasteiger partial charge < -0.3 is 16.0 Å². The van der Waals surface area contributed by atoms with Crippen molar-refractivity contribution >= 4 is 28.8 Å². The van der Waals surface area contributed by atoms with Crippen molar-refractivity contribution in [3.8, 4) is 0 Å². The summed E-state index contributed by atoms with van der Waals surface area (Å²) in [5.74, 6) is -0.118. The van der Waals surface area contributed by atoms with Gasteiger partial charge in [0.1, 0.15) is 5.69 Å². The van der Waals surface area contributed by atoms with E-state index in [2.05, 4.69) is 22.1 Å². The van der Waals surface area contributed by atoms with Crippen LogP contribution in [0.2, 0.25) is 5.02 Å². The third kappa shape index (κ3) is 3.10. The quantitative estimate of drug-likeness (QED) is 0.653. The first-order valence-corrected chi connectivity index (χ1v) is 6.98. The van der Waals surface area contributed by atoms with E-state index in [0.717, 1.165) is 32.5 Å². The van der Waals surface area contributed by atoms with Crippen LogP contribution in [0.1, 0.15) is 19.8 Å². The maximum absolute atomic E-state index is 11.1. The number of nitrogens with one attached hydrogen (secondary N) is 1. The molecule has 8 heteroatoms. The number of piperidine rings is 1. The Hall–Kier alpha value is -1.60. The third-order valence-electron chi connectivity index (χ3n) is 3.60. The van der Waals surface area contributed by atoms with Gasteiger partial charge in [-0.05, 0) is 19.4 Å². The van der Waals surface area contributed by atoms with Crippen LogP contribution in [0.25, 0.3) is 0 Å². The topological polar surface area (TPSA) is 97.3 Å². The zero-order valence-electron chi connectivity index (χ0n) is 11.3. The Labute approximate surface area is 122 Å². The zero-order valence-corrected chi connectivity index (χ0v) is 12.1. The van der Waals surface area contributed by atoms with Crippen LogP contribution in [-0.4, -0.2) is 40.5 Å². The molecule has 7 nitrogen and oxygen atoms in total. The number of nitrogens with two attached hydrogens (primary N) is 1. The fraction of sp³-hybridized carbons (Fsp3) is 0.583. The van der Waals surface area contributed by atoms with Gasteiger partial charge in [-0.3, -0.25) is 10.1 Å². The second-order valence-corrected chi connectivity index (χ2v) is 5.23. The monoisotopic (exact) mass is 299 g/mol. The minimum atomic E-state index is -0.544. The molecule has 0 amide bonds. The van der Waals surface area contributed by atoms with Crippen molar-refractivity contribution in [3.63, 3.8) is 0 Å². The molecule has 0 aromatic carbocycles. The SMILES string of the molecule is CCN1CCC(Nc2c(Cl)cnc(N)c2[N+](=O)[O-])CC1. The third-order valence-corrected chi connectivity index (χ3v) is 3.89. The second-order valence-electron chi connectivity index (χ2n) is 4.82. The van der Waals surface area contributed by atoms with Crippen LogP contribution in [0.3, 0.4) is 0 Å². The number of pyridine rings is 1. The van der Waals surface area contributed by atoms with Crippen LogP contribution < -0.4 is 11.1 Å². The number of aromatic nitrogens is 1. The number of hydrogen-bond acceptors (Lipinski definition) is 6. The van der Waals surface area contributed by atoms with Gasteiger partial charge in [0, 0.05) is 19.1 Å². The van der Waals surface area contributed by atoms with E-state index in [1.807, 2.05) is 0 Å². The van der Waals surface area contributed by atoms with E-state index < -0.39 is 4.92 Å². The van der Waals surface area contributed by atoms with Gasteiger partial charge in [0.2, 0.25) is 5.82 Å². The van der Waals surface area contributed by atoms with E-state index in [1.165, 1.54) is 6.20 Å². The summed E-state index contributed by atoms with van der Waals surface area (Å²) >= 11 is 6.03. The lowest BCUT2D eigenvalue weighted by molar-refractivity contribution is -0.383. The van der Waals surface area contributed by atoms with Crippen molar-refractivity contribution in [2.45, 2.75) is 25.8 Å². The van der Waals surface area contributed by atoms with Gasteiger partial charge in [0.25, 0.3) is 0 Å². The predicted molar refractivity (Wildman–Crippen MR) is 79.1 cm³/mol.